The summed E-state index contributed by atoms with van der Waals surface area (Å²) in [6, 6.07) is 11.0. The first-order valence-electron chi connectivity index (χ1n) is 5.87. The lowest BCUT2D eigenvalue weighted by atomic mass is 10.1. The number of nitrogens with zero attached hydrogens (tertiary/aromatic N) is 1. The lowest BCUT2D eigenvalue weighted by Crippen LogP contribution is -2.24. The summed E-state index contributed by atoms with van der Waals surface area (Å²) in [7, 11) is 0. The van der Waals surface area contributed by atoms with Crippen LogP contribution in [0.1, 0.15) is 21.6 Å². The van der Waals surface area contributed by atoms with E-state index in [2.05, 4.69) is 10.3 Å². The third-order valence-corrected chi connectivity index (χ3v) is 2.96. The lowest BCUT2D eigenvalue weighted by Gasteiger charge is -2.08. The van der Waals surface area contributed by atoms with Crippen molar-refractivity contribution in [3.8, 4) is 0 Å². The molecule has 1 heterocycles. The smallest absolute Gasteiger partial charge is 0.270 e. The highest BCUT2D eigenvalue weighted by molar-refractivity contribution is 6.30. The van der Waals surface area contributed by atoms with E-state index in [4.69, 9.17) is 17.3 Å². The number of halogens is 1. The van der Waals surface area contributed by atoms with E-state index >= 15 is 0 Å². The highest BCUT2D eigenvalue weighted by Gasteiger charge is 2.07. The van der Waals surface area contributed by atoms with Gasteiger partial charge in [0.15, 0.2) is 0 Å². The van der Waals surface area contributed by atoms with E-state index in [0.717, 1.165) is 11.1 Å². The summed E-state index contributed by atoms with van der Waals surface area (Å²) in [4.78, 5) is 15.8. The van der Waals surface area contributed by atoms with Crippen LogP contribution in [0, 0.1) is 0 Å². The number of hydrogen-bond donors (Lipinski definition) is 2. The fourth-order valence-electron chi connectivity index (χ4n) is 1.71. The van der Waals surface area contributed by atoms with Crippen molar-refractivity contribution in [2.24, 2.45) is 5.73 Å². The van der Waals surface area contributed by atoms with Gasteiger partial charge in [-0.2, -0.15) is 0 Å². The molecule has 2 rings (SSSR count). The van der Waals surface area contributed by atoms with Gasteiger partial charge in [-0.15, -0.1) is 0 Å². The van der Waals surface area contributed by atoms with Gasteiger partial charge in [0.25, 0.3) is 5.91 Å². The van der Waals surface area contributed by atoms with Crippen molar-refractivity contribution in [3.05, 3.63) is 64.4 Å². The van der Waals surface area contributed by atoms with Crippen molar-refractivity contribution < 1.29 is 4.79 Å². The Bertz CT molecular complexity index is 569. The van der Waals surface area contributed by atoms with E-state index in [1.165, 1.54) is 6.20 Å². The van der Waals surface area contributed by atoms with Crippen molar-refractivity contribution in [2.75, 3.05) is 0 Å². The Morgan fingerprint density at radius 3 is 2.58 bits per heavy atom. The van der Waals surface area contributed by atoms with Gasteiger partial charge in [-0.1, -0.05) is 35.9 Å². The minimum atomic E-state index is -0.233. The van der Waals surface area contributed by atoms with E-state index in [1.54, 1.807) is 12.1 Å². The first-order valence-corrected chi connectivity index (χ1v) is 6.25. The molecule has 0 radical (unpaired) electrons. The van der Waals surface area contributed by atoms with Gasteiger partial charge in [0, 0.05) is 19.3 Å². The molecule has 0 spiro atoms. The summed E-state index contributed by atoms with van der Waals surface area (Å²) in [5, 5.41) is 3.31. The minimum Gasteiger partial charge on any atom is -0.347 e. The summed E-state index contributed by atoms with van der Waals surface area (Å²) >= 11 is 5.72. The maximum atomic E-state index is 11.9. The standard InChI is InChI=1S/C14H14ClN3O/c15-12-5-6-13(17-9-12)14(19)18-8-11-4-2-1-3-10(11)7-16/h1-6,9H,7-8,16H2,(H,18,19). The number of benzene rings is 1. The molecule has 0 aliphatic rings. The number of aromatic nitrogens is 1. The monoisotopic (exact) mass is 275 g/mol. The predicted octanol–water partition coefficient (Wildman–Crippen LogP) is 2.12. The molecule has 0 atom stereocenters. The molecular formula is C14H14ClN3O. The molecule has 0 saturated carbocycles. The van der Waals surface area contributed by atoms with Gasteiger partial charge in [0.1, 0.15) is 5.69 Å². The fraction of sp³-hybridized carbons (Fsp3) is 0.143. The van der Waals surface area contributed by atoms with Crippen LogP contribution in [-0.4, -0.2) is 10.9 Å². The van der Waals surface area contributed by atoms with Crippen molar-refractivity contribution in [2.45, 2.75) is 13.1 Å². The number of carbonyl (C=O) groups excluding carboxylic acids is 1. The first kappa shape index (κ1) is 13.5. The van der Waals surface area contributed by atoms with Gasteiger partial charge in [-0.25, -0.2) is 4.98 Å². The van der Waals surface area contributed by atoms with Crippen LogP contribution in [0.2, 0.25) is 5.02 Å². The molecule has 0 bridgehead atoms. The molecule has 3 N–H and O–H groups in total. The zero-order valence-corrected chi connectivity index (χ0v) is 11.0. The zero-order chi connectivity index (χ0) is 13.7. The quantitative estimate of drug-likeness (QED) is 0.898. The molecule has 1 amide bonds. The molecule has 98 valence electrons. The largest absolute Gasteiger partial charge is 0.347 e. The number of nitrogens with two attached hydrogens (primary N) is 1. The van der Waals surface area contributed by atoms with Crippen LogP contribution in [0.25, 0.3) is 0 Å². The number of pyridine rings is 1. The minimum absolute atomic E-state index is 0.233. The van der Waals surface area contributed by atoms with E-state index in [9.17, 15) is 4.79 Å². The van der Waals surface area contributed by atoms with Crippen LogP contribution < -0.4 is 11.1 Å². The SMILES string of the molecule is NCc1ccccc1CNC(=O)c1ccc(Cl)cn1. The highest BCUT2D eigenvalue weighted by atomic mass is 35.5. The second-order valence-electron chi connectivity index (χ2n) is 4.02. The Kier molecular flexibility index (Phi) is 4.49. The van der Waals surface area contributed by atoms with Crippen molar-refractivity contribution >= 4 is 17.5 Å². The van der Waals surface area contributed by atoms with Gasteiger partial charge in [0.2, 0.25) is 0 Å². The van der Waals surface area contributed by atoms with Gasteiger partial charge < -0.3 is 11.1 Å². The Hall–Kier alpha value is -1.91. The summed E-state index contributed by atoms with van der Waals surface area (Å²) in [6.07, 6.45) is 1.45. The van der Waals surface area contributed by atoms with Crippen LogP contribution in [0.4, 0.5) is 0 Å². The molecule has 1 aromatic carbocycles. The molecule has 0 saturated heterocycles. The van der Waals surface area contributed by atoms with Gasteiger partial charge in [-0.3, -0.25) is 4.79 Å². The van der Waals surface area contributed by atoms with Gasteiger partial charge >= 0.3 is 0 Å². The molecule has 0 aliphatic carbocycles. The molecule has 5 heteroatoms. The third-order valence-electron chi connectivity index (χ3n) is 2.74. The van der Waals surface area contributed by atoms with Gasteiger partial charge in [0.05, 0.1) is 5.02 Å². The molecule has 0 aliphatic heterocycles. The summed E-state index contributed by atoms with van der Waals surface area (Å²) in [6.45, 7) is 0.877. The molecule has 4 nitrogen and oxygen atoms in total. The molecule has 0 unspecified atom stereocenters. The molecule has 1 aromatic heterocycles. The Balaban J connectivity index is 2.02. The number of hydrogen-bond acceptors (Lipinski definition) is 3. The summed E-state index contributed by atoms with van der Waals surface area (Å²) in [5.41, 5.74) is 8.01. The third kappa shape index (κ3) is 3.53. The average molecular weight is 276 g/mol. The predicted molar refractivity (Wildman–Crippen MR) is 74.8 cm³/mol. The topological polar surface area (TPSA) is 68.0 Å². The highest BCUT2D eigenvalue weighted by Crippen LogP contribution is 2.09. The van der Waals surface area contributed by atoms with Crippen molar-refractivity contribution in [1.82, 2.24) is 10.3 Å². The van der Waals surface area contributed by atoms with E-state index < -0.39 is 0 Å². The normalized spacial score (nSPS) is 10.2. The fourth-order valence-corrected chi connectivity index (χ4v) is 1.82. The van der Waals surface area contributed by atoms with Crippen LogP contribution in [0.15, 0.2) is 42.6 Å². The average Bonchev–Trinajstić information content (AvgIpc) is 2.45. The van der Waals surface area contributed by atoms with Crippen LogP contribution in [0.5, 0.6) is 0 Å². The second kappa shape index (κ2) is 6.31. The molecule has 2 aromatic rings. The molecular weight excluding hydrogens is 262 g/mol. The summed E-state index contributed by atoms with van der Waals surface area (Å²) in [5.74, 6) is -0.233. The number of carbonyl (C=O) groups is 1. The number of amides is 1. The van der Waals surface area contributed by atoms with Crippen LogP contribution >= 0.6 is 11.6 Å². The van der Waals surface area contributed by atoms with Crippen molar-refractivity contribution in [1.29, 1.82) is 0 Å². The van der Waals surface area contributed by atoms with Crippen LogP contribution in [0.3, 0.4) is 0 Å². The summed E-state index contributed by atoms with van der Waals surface area (Å²) < 4.78 is 0. The zero-order valence-electron chi connectivity index (χ0n) is 10.3. The van der Waals surface area contributed by atoms with Crippen LogP contribution in [-0.2, 0) is 13.1 Å². The van der Waals surface area contributed by atoms with Gasteiger partial charge in [-0.05, 0) is 23.3 Å². The van der Waals surface area contributed by atoms with E-state index in [1.807, 2.05) is 24.3 Å². The maximum absolute atomic E-state index is 11.9. The molecule has 0 fully saturated rings. The Morgan fingerprint density at radius 1 is 1.21 bits per heavy atom. The second-order valence-corrected chi connectivity index (χ2v) is 4.45. The van der Waals surface area contributed by atoms with Crippen molar-refractivity contribution in [3.63, 3.8) is 0 Å². The number of rotatable bonds is 4. The van der Waals surface area contributed by atoms with E-state index in [-0.39, 0.29) is 5.91 Å². The lowest BCUT2D eigenvalue weighted by molar-refractivity contribution is 0.0946. The maximum Gasteiger partial charge on any atom is 0.270 e. The number of nitrogens with one attached hydrogen (secondary N) is 1. The molecule has 19 heavy (non-hydrogen) atoms. The Labute approximate surface area is 116 Å². The first-order chi connectivity index (χ1) is 9.20. The van der Waals surface area contributed by atoms with E-state index in [0.29, 0.717) is 23.8 Å². The Morgan fingerprint density at radius 2 is 1.95 bits per heavy atom.